The molecule has 0 spiro atoms. The highest BCUT2D eigenvalue weighted by molar-refractivity contribution is 6.04. The zero-order valence-electron chi connectivity index (χ0n) is 37.8. The maximum atomic E-state index is 2.46. The molecule has 4 aliphatic rings. The van der Waals surface area contributed by atoms with Gasteiger partial charge >= 0.3 is 0 Å². The molecule has 10 aromatic rings. The Balaban J connectivity index is 0.757. The first-order chi connectivity index (χ1) is 32.2. The highest BCUT2D eigenvalue weighted by atomic mass is 14.4. The topological polar surface area (TPSA) is 0 Å². The molecule has 4 aliphatic carbocycles. The van der Waals surface area contributed by atoms with Crippen molar-refractivity contribution in [1.29, 1.82) is 0 Å². The third-order valence-electron chi connectivity index (χ3n) is 16.2. The molecule has 0 heteroatoms. The van der Waals surface area contributed by atoms with Gasteiger partial charge in [0.05, 0.1) is 0 Å². The number of allylic oxidation sites excluding steroid dienone is 4. The van der Waals surface area contributed by atoms with E-state index in [1.807, 2.05) is 0 Å². The smallest absolute Gasteiger partial charge is 0.0159 e. The molecule has 312 valence electrons. The molecule has 0 N–H and O–H groups in total. The average molecular weight is 841 g/mol. The molecule has 0 saturated carbocycles. The van der Waals surface area contributed by atoms with Crippen molar-refractivity contribution in [3.63, 3.8) is 0 Å². The van der Waals surface area contributed by atoms with Gasteiger partial charge in [0.2, 0.25) is 0 Å². The predicted octanol–water partition coefficient (Wildman–Crippen LogP) is 17.7. The Labute approximate surface area is 387 Å². The van der Waals surface area contributed by atoms with Crippen molar-refractivity contribution in [2.24, 2.45) is 0 Å². The van der Waals surface area contributed by atoms with Gasteiger partial charge in [0.15, 0.2) is 0 Å². The highest BCUT2D eigenvalue weighted by Crippen LogP contribution is 2.54. The molecule has 0 amide bonds. The zero-order valence-corrected chi connectivity index (χ0v) is 37.8. The standard InChI is InChI=1S/C66H48/c1-65(2)60-15-8-7-12-53(60)54-27-25-46(37-61(54)65)47-26-29-56-55-28-24-45(36-62(55)66(3,4)63(56)38-47)43-22-21-40-32-42(20-19-41(40)33-43)44-18-16-39-17-23-48(35-49(39)34-44)50-30-31-59-52-11-6-5-10-51(52)58-14-9-13-57(50)64(58)59/h5-38,51-52H,1-4H3. The van der Waals surface area contributed by atoms with Crippen LogP contribution in [-0.2, 0) is 10.8 Å². The van der Waals surface area contributed by atoms with Crippen molar-refractivity contribution in [3.8, 4) is 66.8 Å². The Kier molecular flexibility index (Phi) is 7.73. The summed E-state index contributed by atoms with van der Waals surface area (Å²) in [7, 11) is 0. The van der Waals surface area contributed by atoms with Gasteiger partial charge in [-0.05, 0) is 175 Å². The molecule has 0 nitrogen and oxygen atoms in total. The number of benzene rings is 10. The first kappa shape index (κ1) is 37.8. The van der Waals surface area contributed by atoms with Gasteiger partial charge in [0.25, 0.3) is 0 Å². The molecule has 2 atom stereocenters. The second kappa shape index (κ2) is 13.5. The largest absolute Gasteiger partial charge is 0.0761 e. The second-order valence-corrected chi connectivity index (χ2v) is 20.4. The van der Waals surface area contributed by atoms with E-state index in [-0.39, 0.29) is 10.8 Å². The third kappa shape index (κ3) is 5.33. The van der Waals surface area contributed by atoms with Crippen molar-refractivity contribution >= 4 is 32.3 Å². The van der Waals surface area contributed by atoms with Crippen LogP contribution in [0.3, 0.4) is 0 Å². The Morgan fingerprint density at radius 3 is 1.32 bits per heavy atom. The minimum absolute atomic E-state index is 0.0196. The first-order valence-corrected chi connectivity index (χ1v) is 23.7. The summed E-state index contributed by atoms with van der Waals surface area (Å²) < 4.78 is 0. The summed E-state index contributed by atoms with van der Waals surface area (Å²) in [5.41, 5.74) is 24.0. The number of hydrogen-bond acceptors (Lipinski definition) is 0. The summed E-state index contributed by atoms with van der Waals surface area (Å²) in [6.45, 7) is 9.53. The number of rotatable bonds is 4. The normalized spacial score (nSPS) is 17.5. The van der Waals surface area contributed by atoms with Gasteiger partial charge in [0, 0.05) is 22.7 Å². The lowest BCUT2D eigenvalue weighted by Gasteiger charge is -2.23. The quantitative estimate of drug-likeness (QED) is 0.166. The van der Waals surface area contributed by atoms with E-state index < -0.39 is 0 Å². The van der Waals surface area contributed by atoms with E-state index >= 15 is 0 Å². The van der Waals surface area contributed by atoms with Gasteiger partial charge in [-0.3, -0.25) is 0 Å². The summed E-state index contributed by atoms with van der Waals surface area (Å²) in [5.74, 6) is 0.873. The molecule has 0 fully saturated rings. The number of hydrogen-bond donors (Lipinski definition) is 0. The summed E-state index contributed by atoms with van der Waals surface area (Å²) in [6.07, 6.45) is 9.16. The van der Waals surface area contributed by atoms with Crippen LogP contribution in [0.1, 0.15) is 72.9 Å². The molecule has 10 aromatic carbocycles. The molecule has 0 bridgehead atoms. The van der Waals surface area contributed by atoms with E-state index in [4.69, 9.17) is 0 Å². The van der Waals surface area contributed by atoms with Crippen LogP contribution in [-0.4, -0.2) is 0 Å². The molecular weight excluding hydrogens is 793 g/mol. The fourth-order valence-corrected chi connectivity index (χ4v) is 12.7. The van der Waals surface area contributed by atoms with Crippen molar-refractivity contribution in [2.45, 2.75) is 50.4 Å². The monoisotopic (exact) mass is 840 g/mol. The van der Waals surface area contributed by atoms with Crippen molar-refractivity contribution < 1.29 is 0 Å². The minimum atomic E-state index is -0.126. The molecule has 14 rings (SSSR count). The van der Waals surface area contributed by atoms with Crippen LogP contribution >= 0.6 is 0 Å². The van der Waals surface area contributed by atoms with E-state index in [2.05, 4.69) is 234 Å². The first-order valence-electron chi connectivity index (χ1n) is 23.7. The van der Waals surface area contributed by atoms with E-state index in [0.29, 0.717) is 11.8 Å². The van der Waals surface area contributed by atoms with Gasteiger partial charge in [-0.15, -0.1) is 0 Å². The zero-order chi connectivity index (χ0) is 44.1. The van der Waals surface area contributed by atoms with E-state index in [1.165, 1.54) is 132 Å². The van der Waals surface area contributed by atoms with Crippen LogP contribution in [0.2, 0.25) is 0 Å². The molecule has 66 heavy (non-hydrogen) atoms. The summed E-state index contributed by atoms with van der Waals surface area (Å²) in [6, 6.07) is 69.8. The minimum Gasteiger partial charge on any atom is -0.0761 e. The Hall–Kier alpha value is -7.54. The third-order valence-corrected chi connectivity index (χ3v) is 16.2. The molecule has 0 heterocycles. The molecular formula is C66H48. The van der Waals surface area contributed by atoms with Crippen molar-refractivity contribution in [2.75, 3.05) is 0 Å². The molecule has 2 unspecified atom stereocenters. The Morgan fingerprint density at radius 2 is 0.727 bits per heavy atom. The van der Waals surface area contributed by atoms with E-state index in [0.717, 1.165) is 0 Å². The summed E-state index contributed by atoms with van der Waals surface area (Å²) >= 11 is 0. The van der Waals surface area contributed by atoms with Gasteiger partial charge in [-0.2, -0.15) is 0 Å². The predicted molar refractivity (Wildman–Crippen MR) is 280 cm³/mol. The Bertz CT molecular complexity index is 3800. The van der Waals surface area contributed by atoms with Crippen LogP contribution in [0.25, 0.3) is 99.1 Å². The van der Waals surface area contributed by atoms with Crippen LogP contribution < -0.4 is 0 Å². The molecule has 0 saturated heterocycles. The van der Waals surface area contributed by atoms with Gasteiger partial charge in [-0.25, -0.2) is 0 Å². The fraction of sp³-hybridized carbons (Fsp3) is 0.121. The van der Waals surface area contributed by atoms with Crippen LogP contribution in [0.15, 0.2) is 206 Å². The molecule has 0 aliphatic heterocycles. The average Bonchev–Trinajstić information content (AvgIpc) is 3.90. The highest BCUT2D eigenvalue weighted by Gasteiger charge is 2.38. The summed E-state index contributed by atoms with van der Waals surface area (Å²) in [5, 5.41) is 7.83. The Morgan fingerprint density at radius 1 is 0.303 bits per heavy atom. The lowest BCUT2D eigenvalue weighted by molar-refractivity contribution is 0.659. The maximum Gasteiger partial charge on any atom is 0.0159 e. The lowest BCUT2D eigenvalue weighted by atomic mass is 9.80. The molecule has 0 aromatic heterocycles. The van der Waals surface area contributed by atoms with Crippen LogP contribution in [0.4, 0.5) is 0 Å². The fourth-order valence-electron chi connectivity index (χ4n) is 12.7. The van der Waals surface area contributed by atoms with Crippen molar-refractivity contribution in [1.82, 2.24) is 0 Å². The molecule has 0 radical (unpaired) electrons. The summed E-state index contributed by atoms with van der Waals surface area (Å²) in [4.78, 5) is 0. The SMILES string of the molecule is CC1(C)c2ccccc2-c2ccc(-c3ccc4c(c3)C(C)(C)c3cc(-c5ccc6cc(-c7ccc8ccc(-c9ccc%10c%11c(cccc9%11)C9C=CC=CC%109)cc8c7)ccc6c5)ccc3-4)cc21. The van der Waals surface area contributed by atoms with Crippen LogP contribution in [0, 0.1) is 0 Å². The van der Waals surface area contributed by atoms with Gasteiger partial charge < -0.3 is 0 Å². The van der Waals surface area contributed by atoms with Gasteiger partial charge in [0.1, 0.15) is 0 Å². The maximum absolute atomic E-state index is 2.46. The lowest BCUT2D eigenvalue weighted by Crippen LogP contribution is -2.15. The number of fused-ring (bicyclic) bond motifs is 11. The van der Waals surface area contributed by atoms with Crippen LogP contribution in [0.5, 0.6) is 0 Å². The van der Waals surface area contributed by atoms with Gasteiger partial charge in [-0.1, -0.05) is 192 Å². The van der Waals surface area contributed by atoms with Crippen molar-refractivity contribution in [3.05, 3.63) is 240 Å². The van der Waals surface area contributed by atoms with E-state index in [1.54, 1.807) is 0 Å². The van der Waals surface area contributed by atoms with E-state index in [9.17, 15) is 0 Å². The second-order valence-electron chi connectivity index (χ2n) is 20.4.